The predicted octanol–water partition coefficient (Wildman–Crippen LogP) is -1.11. The van der Waals surface area contributed by atoms with Gasteiger partial charge in [-0.25, -0.2) is 4.79 Å². The number of hydrogen-bond acceptors (Lipinski definition) is 3. The highest BCUT2D eigenvalue weighted by Crippen LogP contribution is 1.58. The molecule has 0 aliphatic rings. The Morgan fingerprint density at radius 2 is 2.44 bits per heavy atom. The summed E-state index contributed by atoms with van der Waals surface area (Å²) in [4.78, 5) is 9.71. The lowest BCUT2D eigenvalue weighted by Gasteiger charge is -1.89. The summed E-state index contributed by atoms with van der Waals surface area (Å²) in [6.07, 6.45) is 0.652. The van der Waals surface area contributed by atoms with Gasteiger partial charge in [0.15, 0.2) is 5.11 Å². The quantitative estimate of drug-likeness (QED) is 0.262. The van der Waals surface area contributed by atoms with Crippen LogP contribution in [0.2, 0.25) is 0 Å². The zero-order valence-electron chi connectivity index (χ0n) is 4.37. The van der Waals surface area contributed by atoms with Gasteiger partial charge in [-0.3, -0.25) is 5.43 Å². The molecule has 0 bridgehead atoms. The van der Waals surface area contributed by atoms with E-state index in [2.05, 4.69) is 22.7 Å². The zero-order valence-corrected chi connectivity index (χ0v) is 5.18. The SMILES string of the molecule is NC(=S)N/N=C/C(=O)O. The summed E-state index contributed by atoms with van der Waals surface area (Å²) in [5.41, 5.74) is 6.97. The molecule has 0 radical (unpaired) electrons. The minimum Gasteiger partial charge on any atom is -0.477 e. The third kappa shape index (κ3) is 6.83. The molecule has 0 aliphatic heterocycles. The Morgan fingerprint density at radius 3 is 2.78 bits per heavy atom. The average molecular weight is 147 g/mol. The fourth-order valence-electron chi connectivity index (χ4n) is 0.151. The van der Waals surface area contributed by atoms with Gasteiger partial charge in [0, 0.05) is 0 Å². The highest BCUT2D eigenvalue weighted by atomic mass is 32.1. The smallest absolute Gasteiger partial charge is 0.348 e. The number of rotatable bonds is 2. The van der Waals surface area contributed by atoms with Crippen molar-refractivity contribution in [1.29, 1.82) is 0 Å². The van der Waals surface area contributed by atoms with E-state index in [4.69, 9.17) is 10.8 Å². The van der Waals surface area contributed by atoms with Crippen LogP contribution in [0.1, 0.15) is 0 Å². The van der Waals surface area contributed by atoms with Crippen molar-refractivity contribution in [2.75, 3.05) is 0 Å². The number of nitrogens with one attached hydrogen (secondary N) is 1. The Hall–Kier alpha value is -1.17. The van der Waals surface area contributed by atoms with Gasteiger partial charge >= 0.3 is 5.97 Å². The lowest BCUT2D eigenvalue weighted by molar-refractivity contribution is -0.128. The monoisotopic (exact) mass is 147 g/mol. The van der Waals surface area contributed by atoms with Gasteiger partial charge in [0.1, 0.15) is 6.21 Å². The summed E-state index contributed by atoms with van der Waals surface area (Å²) in [5, 5.41) is 11.0. The Bertz CT molecular complexity index is 155. The highest BCUT2D eigenvalue weighted by molar-refractivity contribution is 7.80. The molecule has 0 saturated carbocycles. The number of carboxylic acids is 1. The maximum absolute atomic E-state index is 9.71. The first-order valence-corrected chi connectivity index (χ1v) is 2.35. The summed E-state index contributed by atoms with van der Waals surface area (Å²) in [5.74, 6) is -1.15. The summed E-state index contributed by atoms with van der Waals surface area (Å²) in [6.45, 7) is 0. The molecule has 9 heavy (non-hydrogen) atoms. The van der Waals surface area contributed by atoms with Gasteiger partial charge in [-0.1, -0.05) is 0 Å². The zero-order chi connectivity index (χ0) is 7.28. The van der Waals surface area contributed by atoms with E-state index < -0.39 is 5.97 Å². The van der Waals surface area contributed by atoms with Crippen LogP contribution in [0.5, 0.6) is 0 Å². The Balaban J connectivity index is 3.48. The lowest BCUT2D eigenvalue weighted by Crippen LogP contribution is -2.24. The van der Waals surface area contributed by atoms with E-state index in [1.54, 1.807) is 0 Å². The van der Waals surface area contributed by atoms with E-state index in [9.17, 15) is 4.79 Å². The molecule has 4 N–H and O–H groups in total. The molecule has 0 aromatic carbocycles. The van der Waals surface area contributed by atoms with Gasteiger partial charge < -0.3 is 10.8 Å². The number of carboxylic acid groups (broad SMARTS) is 1. The maximum Gasteiger partial charge on any atom is 0.348 e. The number of carbonyl (C=O) groups is 1. The van der Waals surface area contributed by atoms with Gasteiger partial charge in [-0.15, -0.1) is 0 Å². The van der Waals surface area contributed by atoms with E-state index >= 15 is 0 Å². The molecule has 0 rings (SSSR count). The van der Waals surface area contributed by atoms with Gasteiger partial charge in [-0.05, 0) is 12.2 Å². The van der Waals surface area contributed by atoms with Crippen LogP contribution in [0.4, 0.5) is 0 Å². The molecule has 0 aromatic heterocycles. The maximum atomic E-state index is 9.71. The topological polar surface area (TPSA) is 87.7 Å². The van der Waals surface area contributed by atoms with Crippen LogP contribution >= 0.6 is 12.2 Å². The summed E-state index contributed by atoms with van der Waals surface area (Å²) >= 11 is 4.31. The van der Waals surface area contributed by atoms with Crippen LogP contribution in [-0.2, 0) is 4.79 Å². The normalized spacial score (nSPS) is 9.33. The fourth-order valence-corrected chi connectivity index (χ4v) is 0.204. The van der Waals surface area contributed by atoms with Gasteiger partial charge in [0.25, 0.3) is 0 Å². The third-order valence-corrected chi connectivity index (χ3v) is 0.441. The van der Waals surface area contributed by atoms with Crippen LogP contribution in [0, 0.1) is 0 Å². The Kier molecular flexibility index (Phi) is 3.29. The molecule has 0 heterocycles. The number of hydrogen-bond donors (Lipinski definition) is 3. The van der Waals surface area contributed by atoms with E-state index in [0.717, 1.165) is 0 Å². The van der Waals surface area contributed by atoms with Crippen molar-refractivity contribution in [1.82, 2.24) is 5.43 Å². The molecule has 0 amide bonds. The Morgan fingerprint density at radius 1 is 1.89 bits per heavy atom. The number of nitrogens with two attached hydrogens (primary N) is 1. The molecule has 0 aromatic rings. The van der Waals surface area contributed by atoms with E-state index in [-0.39, 0.29) is 5.11 Å². The largest absolute Gasteiger partial charge is 0.477 e. The van der Waals surface area contributed by atoms with Crippen molar-refractivity contribution in [3.8, 4) is 0 Å². The van der Waals surface area contributed by atoms with Crippen LogP contribution in [-0.4, -0.2) is 22.4 Å². The summed E-state index contributed by atoms with van der Waals surface area (Å²) in [6, 6.07) is 0. The van der Waals surface area contributed by atoms with Crippen LogP contribution in [0.15, 0.2) is 5.10 Å². The van der Waals surface area contributed by atoms with Crippen molar-refractivity contribution in [3.63, 3.8) is 0 Å². The second-order valence-corrected chi connectivity index (χ2v) is 1.51. The van der Waals surface area contributed by atoms with Crippen LogP contribution < -0.4 is 11.2 Å². The van der Waals surface area contributed by atoms with Gasteiger partial charge in [0.05, 0.1) is 0 Å². The number of aliphatic carboxylic acids is 1. The fraction of sp³-hybridized carbons (Fsp3) is 0. The van der Waals surface area contributed by atoms with E-state index in [1.807, 2.05) is 0 Å². The number of thiocarbonyl (C=S) groups is 1. The van der Waals surface area contributed by atoms with Crippen molar-refractivity contribution in [2.24, 2.45) is 10.8 Å². The molecule has 6 heteroatoms. The number of nitrogens with zero attached hydrogens (tertiary/aromatic N) is 1. The molecule has 5 nitrogen and oxygen atoms in total. The molecule has 0 aliphatic carbocycles. The van der Waals surface area contributed by atoms with E-state index in [0.29, 0.717) is 6.21 Å². The van der Waals surface area contributed by atoms with Crippen molar-refractivity contribution >= 4 is 29.5 Å². The minimum atomic E-state index is -1.15. The predicted molar refractivity (Wildman–Crippen MR) is 36.0 cm³/mol. The molecular formula is C3H5N3O2S. The second kappa shape index (κ2) is 3.79. The van der Waals surface area contributed by atoms with Gasteiger partial charge in [0.2, 0.25) is 0 Å². The third-order valence-electron chi connectivity index (χ3n) is 0.350. The summed E-state index contributed by atoms with van der Waals surface area (Å²) < 4.78 is 0. The van der Waals surface area contributed by atoms with E-state index in [1.165, 1.54) is 0 Å². The average Bonchev–Trinajstić information content (AvgIpc) is 1.63. The first-order valence-electron chi connectivity index (χ1n) is 1.94. The molecule has 0 atom stereocenters. The Labute approximate surface area is 56.5 Å². The summed E-state index contributed by atoms with van der Waals surface area (Å²) in [7, 11) is 0. The molecular weight excluding hydrogens is 142 g/mol. The first-order chi connectivity index (χ1) is 4.13. The molecule has 0 unspecified atom stereocenters. The van der Waals surface area contributed by atoms with Gasteiger partial charge in [-0.2, -0.15) is 5.10 Å². The molecule has 0 spiro atoms. The molecule has 0 saturated heterocycles. The van der Waals surface area contributed by atoms with Crippen LogP contribution in [0.25, 0.3) is 0 Å². The lowest BCUT2D eigenvalue weighted by atomic mass is 10.8. The first kappa shape index (κ1) is 7.83. The minimum absolute atomic E-state index is 0.0625. The number of hydrazone groups is 1. The molecule has 0 fully saturated rings. The van der Waals surface area contributed by atoms with Crippen molar-refractivity contribution in [2.45, 2.75) is 0 Å². The standard InChI is InChI=1S/C3H5N3O2S/c4-3(9)6-5-1-2(7)8/h1H,(H,7,8)(H3,4,6,9)/b5-1+. The van der Waals surface area contributed by atoms with Crippen molar-refractivity contribution in [3.05, 3.63) is 0 Å². The van der Waals surface area contributed by atoms with Crippen LogP contribution in [0.3, 0.4) is 0 Å². The molecule has 50 valence electrons. The second-order valence-electron chi connectivity index (χ2n) is 1.07. The van der Waals surface area contributed by atoms with Crippen molar-refractivity contribution < 1.29 is 9.90 Å². The highest BCUT2D eigenvalue weighted by Gasteiger charge is 1.84.